The molecule has 0 saturated carbocycles. The van der Waals surface area contributed by atoms with Crippen LogP contribution in [0.3, 0.4) is 0 Å². The molecule has 0 bridgehead atoms. The molecule has 2 aromatic rings. The first-order chi connectivity index (χ1) is 11.2. The topological polar surface area (TPSA) is 33.3 Å². The Kier molecular flexibility index (Phi) is 5.03. The number of fused-ring (bicyclic) bond motifs is 1. The van der Waals surface area contributed by atoms with E-state index in [9.17, 15) is 0 Å². The number of benzene rings is 2. The Morgan fingerprint density at radius 3 is 2.74 bits per heavy atom. The van der Waals surface area contributed by atoms with Crippen molar-refractivity contribution in [2.45, 2.75) is 25.3 Å². The van der Waals surface area contributed by atoms with Crippen molar-refractivity contribution in [2.24, 2.45) is 0 Å². The van der Waals surface area contributed by atoms with E-state index in [1.807, 2.05) is 30.3 Å². The number of nitrogens with one attached hydrogen (secondary N) is 2. The van der Waals surface area contributed by atoms with E-state index in [2.05, 4.69) is 22.8 Å². The Morgan fingerprint density at radius 1 is 1.22 bits per heavy atom. The maximum atomic E-state index is 5.90. The lowest BCUT2D eigenvalue weighted by molar-refractivity contribution is 0.412. The van der Waals surface area contributed by atoms with Crippen molar-refractivity contribution in [3.05, 3.63) is 58.6 Å². The van der Waals surface area contributed by atoms with Crippen LogP contribution in [0.5, 0.6) is 5.75 Å². The van der Waals surface area contributed by atoms with Gasteiger partial charge in [-0.3, -0.25) is 0 Å². The molecule has 0 aromatic heterocycles. The summed E-state index contributed by atoms with van der Waals surface area (Å²) < 4.78 is 5.32. The molecule has 5 heteroatoms. The first kappa shape index (κ1) is 16.1. The van der Waals surface area contributed by atoms with Crippen LogP contribution >= 0.6 is 23.8 Å². The van der Waals surface area contributed by atoms with E-state index in [4.69, 9.17) is 28.6 Å². The van der Waals surface area contributed by atoms with Gasteiger partial charge in [0.05, 0.1) is 13.2 Å². The third kappa shape index (κ3) is 3.95. The van der Waals surface area contributed by atoms with Gasteiger partial charge in [-0.05, 0) is 79.0 Å². The molecule has 1 aliphatic rings. The fourth-order valence-corrected chi connectivity index (χ4v) is 3.31. The number of hydrogen-bond donors (Lipinski definition) is 2. The van der Waals surface area contributed by atoms with E-state index in [1.54, 1.807) is 7.11 Å². The van der Waals surface area contributed by atoms with Crippen molar-refractivity contribution in [1.82, 2.24) is 5.32 Å². The Balaban J connectivity index is 1.69. The van der Waals surface area contributed by atoms with Gasteiger partial charge in [-0.1, -0.05) is 17.7 Å². The minimum Gasteiger partial charge on any atom is -0.497 e. The van der Waals surface area contributed by atoms with Gasteiger partial charge in [-0.2, -0.15) is 0 Å². The Morgan fingerprint density at radius 2 is 2.00 bits per heavy atom. The maximum Gasteiger partial charge on any atom is 0.171 e. The number of halogens is 1. The number of anilines is 1. The van der Waals surface area contributed by atoms with Gasteiger partial charge < -0.3 is 15.4 Å². The van der Waals surface area contributed by atoms with Gasteiger partial charge in [0, 0.05) is 10.7 Å². The van der Waals surface area contributed by atoms with Gasteiger partial charge in [-0.25, -0.2) is 0 Å². The summed E-state index contributed by atoms with van der Waals surface area (Å²) in [6, 6.07) is 14.0. The van der Waals surface area contributed by atoms with Crippen LogP contribution in [-0.2, 0) is 6.42 Å². The molecule has 0 amide bonds. The van der Waals surface area contributed by atoms with Crippen molar-refractivity contribution in [3.8, 4) is 5.75 Å². The second kappa shape index (κ2) is 7.20. The first-order valence-electron chi connectivity index (χ1n) is 7.65. The lowest BCUT2D eigenvalue weighted by atomic mass is 9.87. The van der Waals surface area contributed by atoms with Gasteiger partial charge >= 0.3 is 0 Å². The van der Waals surface area contributed by atoms with Crippen molar-refractivity contribution in [1.29, 1.82) is 0 Å². The van der Waals surface area contributed by atoms with Gasteiger partial charge in [0.1, 0.15) is 5.75 Å². The van der Waals surface area contributed by atoms with Crippen LogP contribution in [0, 0.1) is 0 Å². The molecule has 120 valence electrons. The van der Waals surface area contributed by atoms with Gasteiger partial charge in [0.2, 0.25) is 0 Å². The molecule has 2 aromatic carbocycles. The van der Waals surface area contributed by atoms with Crippen LogP contribution in [0.1, 0.15) is 30.0 Å². The Hall–Kier alpha value is -1.78. The smallest absolute Gasteiger partial charge is 0.171 e. The minimum atomic E-state index is 0.233. The van der Waals surface area contributed by atoms with E-state index >= 15 is 0 Å². The lowest BCUT2D eigenvalue weighted by Gasteiger charge is -2.28. The van der Waals surface area contributed by atoms with Gasteiger partial charge in [-0.15, -0.1) is 0 Å². The minimum absolute atomic E-state index is 0.233. The van der Waals surface area contributed by atoms with Crippen LogP contribution in [0.15, 0.2) is 42.5 Å². The number of ether oxygens (including phenoxy) is 1. The van der Waals surface area contributed by atoms with E-state index in [0.717, 1.165) is 30.7 Å². The Labute approximate surface area is 147 Å². The van der Waals surface area contributed by atoms with E-state index < -0.39 is 0 Å². The summed E-state index contributed by atoms with van der Waals surface area (Å²) in [6.45, 7) is 0. The molecule has 1 aliphatic carbocycles. The molecule has 0 radical (unpaired) electrons. The van der Waals surface area contributed by atoms with Crippen molar-refractivity contribution in [2.75, 3.05) is 12.4 Å². The summed E-state index contributed by atoms with van der Waals surface area (Å²) in [4.78, 5) is 0. The number of hydrogen-bond acceptors (Lipinski definition) is 2. The summed E-state index contributed by atoms with van der Waals surface area (Å²) in [5.74, 6) is 0.909. The highest BCUT2D eigenvalue weighted by Crippen LogP contribution is 2.32. The molecule has 3 rings (SSSR count). The second-order valence-electron chi connectivity index (χ2n) is 5.61. The van der Waals surface area contributed by atoms with E-state index in [1.165, 1.54) is 11.1 Å². The predicted molar refractivity (Wildman–Crippen MR) is 99.5 cm³/mol. The van der Waals surface area contributed by atoms with Crippen LogP contribution in [0.25, 0.3) is 0 Å². The van der Waals surface area contributed by atoms with Crippen molar-refractivity contribution >= 4 is 34.6 Å². The Bertz CT molecular complexity index is 703. The normalized spacial score (nSPS) is 16.3. The third-order valence-electron chi connectivity index (χ3n) is 4.07. The molecule has 3 nitrogen and oxygen atoms in total. The first-order valence-corrected chi connectivity index (χ1v) is 8.44. The van der Waals surface area contributed by atoms with Crippen LogP contribution in [0.4, 0.5) is 5.69 Å². The summed E-state index contributed by atoms with van der Waals surface area (Å²) in [5.41, 5.74) is 3.57. The largest absolute Gasteiger partial charge is 0.497 e. The fraction of sp³-hybridized carbons (Fsp3) is 0.278. The summed E-state index contributed by atoms with van der Waals surface area (Å²) in [6.07, 6.45) is 3.30. The molecule has 0 saturated heterocycles. The summed E-state index contributed by atoms with van der Waals surface area (Å²) in [5, 5.41) is 7.97. The second-order valence-corrected chi connectivity index (χ2v) is 6.46. The van der Waals surface area contributed by atoms with Crippen LogP contribution < -0.4 is 15.4 Å². The third-order valence-corrected chi connectivity index (χ3v) is 4.54. The highest BCUT2D eigenvalue weighted by molar-refractivity contribution is 7.80. The molecule has 0 aliphatic heterocycles. The van der Waals surface area contributed by atoms with Crippen molar-refractivity contribution in [3.63, 3.8) is 0 Å². The lowest BCUT2D eigenvalue weighted by Crippen LogP contribution is -2.34. The highest BCUT2D eigenvalue weighted by atomic mass is 35.5. The average molecular weight is 347 g/mol. The number of rotatable bonds is 3. The van der Waals surface area contributed by atoms with Crippen LogP contribution in [-0.4, -0.2) is 12.2 Å². The highest BCUT2D eigenvalue weighted by Gasteiger charge is 2.21. The number of aryl methyl sites for hydroxylation is 1. The zero-order valence-corrected chi connectivity index (χ0v) is 14.5. The standard InChI is InChI=1S/C18H19ClN2OS/c1-22-15-9-10-16-12(11-15)3-2-4-17(16)21-18(23)20-14-7-5-13(19)6-8-14/h5-11,17H,2-4H2,1H3,(H2,20,21,23)/t17-/m0/s1. The molecule has 23 heavy (non-hydrogen) atoms. The SMILES string of the molecule is COc1ccc2c(c1)CCC[C@@H]2NC(=S)Nc1ccc(Cl)cc1. The number of thiocarbonyl (C=S) groups is 1. The van der Waals surface area contributed by atoms with E-state index in [-0.39, 0.29) is 6.04 Å². The van der Waals surface area contributed by atoms with Gasteiger partial charge in [0.15, 0.2) is 5.11 Å². The molecule has 1 atom stereocenters. The van der Waals surface area contributed by atoms with Gasteiger partial charge in [0.25, 0.3) is 0 Å². The van der Waals surface area contributed by atoms with Crippen LogP contribution in [0.2, 0.25) is 5.02 Å². The number of methoxy groups -OCH3 is 1. The zero-order chi connectivity index (χ0) is 16.2. The average Bonchev–Trinajstić information content (AvgIpc) is 2.56. The predicted octanol–water partition coefficient (Wildman–Crippen LogP) is 4.71. The molecule has 0 spiro atoms. The maximum absolute atomic E-state index is 5.90. The molecule has 0 unspecified atom stereocenters. The monoisotopic (exact) mass is 346 g/mol. The fourth-order valence-electron chi connectivity index (χ4n) is 2.93. The summed E-state index contributed by atoms with van der Waals surface area (Å²) >= 11 is 11.3. The molecular weight excluding hydrogens is 328 g/mol. The molecule has 0 fully saturated rings. The summed E-state index contributed by atoms with van der Waals surface area (Å²) in [7, 11) is 1.70. The van der Waals surface area contributed by atoms with E-state index in [0.29, 0.717) is 10.1 Å². The molecule has 0 heterocycles. The quantitative estimate of drug-likeness (QED) is 0.788. The zero-order valence-electron chi connectivity index (χ0n) is 12.9. The molecule has 2 N–H and O–H groups in total. The molecular formula is C18H19ClN2OS. The van der Waals surface area contributed by atoms with Crippen molar-refractivity contribution < 1.29 is 4.74 Å².